The van der Waals surface area contributed by atoms with Crippen LogP contribution in [0.5, 0.6) is 0 Å². The van der Waals surface area contributed by atoms with Crippen LogP contribution in [-0.4, -0.2) is 15.4 Å². The zero-order valence-corrected chi connectivity index (χ0v) is 8.82. The minimum atomic E-state index is -4.47. The van der Waals surface area contributed by atoms with Gasteiger partial charge in [-0.2, -0.15) is 22.5 Å². The van der Waals surface area contributed by atoms with E-state index in [4.69, 9.17) is 0 Å². The predicted molar refractivity (Wildman–Crippen MR) is 52.8 cm³/mol. The molecule has 1 N–H and O–H groups in total. The van der Waals surface area contributed by atoms with Gasteiger partial charge in [0.05, 0.1) is 0 Å². The zero-order valence-electron chi connectivity index (χ0n) is 8.01. The fraction of sp³-hybridized carbons (Fsp3) is 0.500. The lowest BCUT2D eigenvalue weighted by Gasteiger charge is -2.08. The molecule has 1 unspecified atom stereocenters. The molecule has 15 heavy (non-hydrogen) atoms. The molecule has 0 spiro atoms. The van der Waals surface area contributed by atoms with Gasteiger partial charge in [0, 0.05) is 17.6 Å². The second-order valence-electron chi connectivity index (χ2n) is 2.99. The van der Waals surface area contributed by atoms with Crippen molar-refractivity contribution in [2.24, 2.45) is 0 Å². The summed E-state index contributed by atoms with van der Waals surface area (Å²) in [6.07, 6.45) is -2.14. The minimum absolute atomic E-state index is 0.00321. The average molecular weight is 237 g/mol. The number of anilines is 1. The van der Waals surface area contributed by atoms with Crippen LogP contribution in [0.1, 0.15) is 19.2 Å². The van der Waals surface area contributed by atoms with E-state index in [0.29, 0.717) is 18.0 Å². The largest absolute Gasteiger partial charge is 0.452 e. The van der Waals surface area contributed by atoms with Crippen LogP contribution in [-0.2, 0) is 6.18 Å². The molecular weight excluding hydrogens is 227 g/mol. The summed E-state index contributed by atoms with van der Waals surface area (Å²) in [6.45, 7) is 5.36. The molecule has 0 fully saturated rings. The van der Waals surface area contributed by atoms with Gasteiger partial charge < -0.3 is 5.32 Å². The van der Waals surface area contributed by atoms with E-state index >= 15 is 0 Å². The second kappa shape index (κ2) is 4.61. The summed E-state index contributed by atoms with van der Waals surface area (Å²) in [4.78, 5) is 3.34. The maximum atomic E-state index is 12.1. The molecule has 0 amide bonds. The van der Waals surface area contributed by atoms with Crippen molar-refractivity contribution < 1.29 is 13.2 Å². The molecule has 1 aromatic heterocycles. The molecule has 1 rings (SSSR count). The van der Waals surface area contributed by atoms with Crippen LogP contribution in [0.25, 0.3) is 0 Å². The van der Waals surface area contributed by atoms with Gasteiger partial charge in [0.2, 0.25) is 11.0 Å². The number of hydrogen-bond acceptors (Lipinski definition) is 4. The SMILES string of the molecule is C=CCC(C)Nc1nc(C(F)(F)F)ns1. The molecule has 3 nitrogen and oxygen atoms in total. The highest BCUT2D eigenvalue weighted by atomic mass is 32.1. The first-order chi connectivity index (χ1) is 6.93. The summed E-state index contributed by atoms with van der Waals surface area (Å²) in [5.74, 6) is -1.10. The van der Waals surface area contributed by atoms with Gasteiger partial charge in [0.25, 0.3) is 0 Å². The van der Waals surface area contributed by atoms with Crippen molar-refractivity contribution in [1.29, 1.82) is 0 Å². The van der Waals surface area contributed by atoms with Crippen LogP contribution in [0.3, 0.4) is 0 Å². The first-order valence-corrected chi connectivity index (χ1v) is 4.99. The Morgan fingerprint density at radius 3 is 2.73 bits per heavy atom. The lowest BCUT2D eigenvalue weighted by Crippen LogP contribution is -2.14. The summed E-state index contributed by atoms with van der Waals surface area (Å²) in [6, 6.07) is -0.00321. The fourth-order valence-corrected chi connectivity index (χ4v) is 1.62. The van der Waals surface area contributed by atoms with E-state index in [-0.39, 0.29) is 11.2 Å². The zero-order chi connectivity index (χ0) is 11.5. The number of alkyl halides is 3. The molecule has 1 aromatic rings. The first-order valence-electron chi connectivity index (χ1n) is 4.22. The van der Waals surface area contributed by atoms with Gasteiger partial charge in [-0.3, -0.25) is 0 Å². The van der Waals surface area contributed by atoms with E-state index in [1.54, 1.807) is 6.08 Å². The molecular formula is C8H10F3N3S. The Hall–Kier alpha value is -1.11. The topological polar surface area (TPSA) is 37.8 Å². The number of nitrogens with zero attached hydrogens (tertiary/aromatic N) is 2. The molecule has 1 heterocycles. The quantitative estimate of drug-likeness (QED) is 0.818. The standard InChI is InChI=1S/C8H10F3N3S/c1-3-4-5(2)12-7-13-6(14-15-7)8(9,10)11/h3,5H,1,4H2,2H3,(H,12,13,14). The highest BCUT2D eigenvalue weighted by molar-refractivity contribution is 7.09. The van der Waals surface area contributed by atoms with E-state index in [1.165, 1.54) is 0 Å². The molecule has 0 bridgehead atoms. The van der Waals surface area contributed by atoms with Gasteiger partial charge in [-0.05, 0) is 13.3 Å². The molecule has 84 valence electrons. The summed E-state index contributed by atoms with van der Waals surface area (Å²) in [5.41, 5.74) is 0. The molecule has 0 aliphatic rings. The molecule has 1 atom stereocenters. The molecule has 0 aliphatic carbocycles. The van der Waals surface area contributed by atoms with Crippen LogP contribution < -0.4 is 5.32 Å². The molecule has 7 heteroatoms. The highest BCUT2D eigenvalue weighted by Gasteiger charge is 2.36. The van der Waals surface area contributed by atoms with Crippen molar-refractivity contribution in [3.05, 3.63) is 18.5 Å². The Morgan fingerprint density at radius 2 is 2.27 bits per heavy atom. The highest BCUT2D eigenvalue weighted by Crippen LogP contribution is 2.29. The van der Waals surface area contributed by atoms with Crippen LogP contribution in [0.2, 0.25) is 0 Å². The Bertz CT molecular complexity index is 334. The van der Waals surface area contributed by atoms with E-state index in [9.17, 15) is 13.2 Å². The van der Waals surface area contributed by atoms with Crippen LogP contribution in [0.15, 0.2) is 12.7 Å². The third-order valence-corrected chi connectivity index (χ3v) is 2.22. The summed E-state index contributed by atoms with van der Waals surface area (Å²) < 4.78 is 39.6. The maximum Gasteiger partial charge on any atom is 0.452 e. The van der Waals surface area contributed by atoms with Crippen LogP contribution in [0, 0.1) is 0 Å². The van der Waals surface area contributed by atoms with E-state index < -0.39 is 12.0 Å². The Labute approximate surface area is 89.2 Å². The average Bonchev–Trinajstić information content (AvgIpc) is 2.52. The Kier molecular flexibility index (Phi) is 3.67. The van der Waals surface area contributed by atoms with Crippen molar-refractivity contribution in [2.45, 2.75) is 25.6 Å². The van der Waals surface area contributed by atoms with Gasteiger partial charge in [0.1, 0.15) is 0 Å². The van der Waals surface area contributed by atoms with Gasteiger partial charge in [0.15, 0.2) is 0 Å². The normalized spacial score (nSPS) is 13.6. The van der Waals surface area contributed by atoms with Gasteiger partial charge in [-0.25, -0.2) is 0 Å². The second-order valence-corrected chi connectivity index (χ2v) is 3.74. The molecule has 0 aromatic carbocycles. The number of hydrogen-bond donors (Lipinski definition) is 1. The Morgan fingerprint density at radius 1 is 1.60 bits per heavy atom. The lowest BCUT2D eigenvalue weighted by atomic mass is 10.2. The number of halogens is 3. The van der Waals surface area contributed by atoms with E-state index in [1.807, 2.05) is 6.92 Å². The summed E-state index contributed by atoms with van der Waals surface area (Å²) >= 11 is 0.704. The van der Waals surface area contributed by atoms with E-state index in [2.05, 4.69) is 21.3 Å². The number of aromatic nitrogens is 2. The van der Waals surface area contributed by atoms with Crippen molar-refractivity contribution in [1.82, 2.24) is 9.36 Å². The summed E-state index contributed by atoms with van der Waals surface area (Å²) in [7, 11) is 0. The van der Waals surface area contributed by atoms with Crippen molar-refractivity contribution in [3.8, 4) is 0 Å². The minimum Gasteiger partial charge on any atom is -0.358 e. The third-order valence-electron chi connectivity index (χ3n) is 1.57. The van der Waals surface area contributed by atoms with Crippen LogP contribution >= 0.6 is 11.5 Å². The monoisotopic (exact) mass is 237 g/mol. The molecule has 0 saturated heterocycles. The number of rotatable bonds is 4. The van der Waals surface area contributed by atoms with Gasteiger partial charge in [-0.15, -0.1) is 6.58 Å². The van der Waals surface area contributed by atoms with Crippen molar-refractivity contribution in [3.63, 3.8) is 0 Å². The smallest absolute Gasteiger partial charge is 0.358 e. The van der Waals surface area contributed by atoms with Crippen molar-refractivity contribution in [2.75, 3.05) is 5.32 Å². The predicted octanol–water partition coefficient (Wildman–Crippen LogP) is 2.93. The molecule has 0 aliphatic heterocycles. The molecule has 0 radical (unpaired) electrons. The van der Waals surface area contributed by atoms with E-state index in [0.717, 1.165) is 0 Å². The lowest BCUT2D eigenvalue weighted by molar-refractivity contribution is -0.144. The van der Waals surface area contributed by atoms with Crippen molar-refractivity contribution >= 4 is 16.7 Å². The Balaban J connectivity index is 2.64. The maximum absolute atomic E-state index is 12.1. The van der Waals surface area contributed by atoms with Crippen LogP contribution in [0.4, 0.5) is 18.3 Å². The third kappa shape index (κ3) is 3.50. The fourth-order valence-electron chi connectivity index (χ4n) is 0.917. The summed E-state index contributed by atoms with van der Waals surface area (Å²) in [5, 5.41) is 2.99. The molecule has 0 saturated carbocycles. The number of nitrogens with one attached hydrogen (secondary N) is 1. The first kappa shape index (κ1) is 12.0. The van der Waals surface area contributed by atoms with Gasteiger partial charge in [-0.1, -0.05) is 6.08 Å². The van der Waals surface area contributed by atoms with Gasteiger partial charge >= 0.3 is 6.18 Å².